The fourth-order valence-electron chi connectivity index (χ4n) is 1.51. The SMILES string of the molecule is CCOC(=O)c1cc(C(=O)CC)ccc1C(F)F. The maximum absolute atomic E-state index is 12.8. The molecule has 0 heterocycles. The molecule has 0 atom stereocenters. The lowest BCUT2D eigenvalue weighted by molar-refractivity contribution is 0.0515. The van der Waals surface area contributed by atoms with Gasteiger partial charge in [0.1, 0.15) is 0 Å². The smallest absolute Gasteiger partial charge is 0.338 e. The van der Waals surface area contributed by atoms with Crippen LogP contribution in [0.1, 0.15) is 53.0 Å². The summed E-state index contributed by atoms with van der Waals surface area (Å²) < 4.78 is 30.2. The molecule has 1 aromatic rings. The van der Waals surface area contributed by atoms with E-state index in [1.165, 1.54) is 12.1 Å². The number of rotatable bonds is 5. The first-order valence-corrected chi connectivity index (χ1v) is 5.63. The van der Waals surface area contributed by atoms with Crippen molar-refractivity contribution in [3.8, 4) is 0 Å². The summed E-state index contributed by atoms with van der Waals surface area (Å²) in [6, 6.07) is 3.57. The van der Waals surface area contributed by atoms with Gasteiger partial charge in [-0.1, -0.05) is 19.1 Å². The Morgan fingerprint density at radius 1 is 1.28 bits per heavy atom. The summed E-state index contributed by atoms with van der Waals surface area (Å²) >= 11 is 0. The molecule has 3 nitrogen and oxygen atoms in total. The number of esters is 1. The molecule has 0 aliphatic heterocycles. The summed E-state index contributed by atoms with van der Waals surface area (Å²) in [7, 11) is 0. The Kier molecular flexibility index (Phi) is 4.95. The standard InChI is InChI=1S/C13H14F2O3/c1-3-11(16)8-5-6-9(12(14)15)10(7-8)13(17)18-4-2/h5-7,12H,3-4H2,1-2H3. The van der Waals surface area contributed by atoms with Crippen molar-refractivity contribution in [1.82, 2.24) is 0 Å². The molecule has 0 unspecified atom stereocenters. The Balaban J connectivity index is 3.23. The average molecular weight is 256 g/mol. The van der Waals surface area contributed by atoms with E-state index in [1.54, 1.807) is 13.8 Å². The van der Waals surface area contributed by atoms with Crippen molar-refractivity contribution in [2.45, 2.75) is 26.7 Å². The molecule has 0 aromatic heterocycles. The highest BCUT2D eigenvalue weighted by Gasteiger charge is 2.20. The maximum Gasteiger partial charge on any atom is 0.338 e. The fraction of sp³-hybridized carbons (Fsp3) is 0.385. The molecule has 0 N–H and O–H groups in total. The normalized spacial score (nSPS) is 10.5. The molecule has 0 radical (unpaired) electrons. The lowest BCUT2D eigenvalue weighted by atomic mass is 10.0. The highest BCUT2D eigenvalue weighted by atomic mass is 19.3. The topological polar surface area (TPSA) is 43.4 Å². The van der Waals surface area contributed by atoms with Gasteiger partial charge in [0.15, 0.2) is 5.78 Å². The maximum atomic E-state index is 12.8. The van der Waals surface area contributed by atoms with E-state index in [9.17, 15) is 18.4 Å². The quantitative estimate of drug-likeness (QED) is 0.599. The van der Waals surface area contributed by atoms with E-state index < -0.39 is 18.0 Å². The number of halogens is 2. The van der Waals surface area contributed by atoms with E-state index in [-0.39, 0.29) is 29.9 Å². The Morgan fingerprint density at radius 2 is 1.94 bits per heavy atom. The first-order valence-electron chi connectivity index (χ1n) is 5.63. The minimum absolute atomic E-state index is 0.0907. The van der Waals surface area contributed by atoms with Gasteiger partial charge in [0.2, 0.25) is 0 Å². The van der Waals surface area contributed by atoms with E-state index in [1.807, 2.05) is 0 Å². The number of Topliss-reactive ketones (excluding diaryl/α,β-unsaturated/α-hetero) is 1. The molecule has 0 bridgehead atoms. The van der Waals surface area contributed by atoms with Crippen LogP contribution < -0.4 is 0 Å². The minimum Gasteiger partial charge on any atom is -0.462 e. The molecule has 0 aliphatic carbocycles. The van der Waals surface area contributed by atoms with Crippen LogP contribution >= 0.6 is 0 Å². The molecule has 98 valence electrons. The molecule has 1 aromatic carbocycles. The number of alkyl halides is 2. The molecule has 0 saturated carbocycles. The van der Waals surface area contributed by atoms with Crippen LogP contribution in [0.25, 0.3) is 0 Å². The monoisotopic (exact) mass is 256 g/mol. The first kappa shape index (κ1) is 14.3. The number of carbonyl (C=O) groups excluding carboxylic acids is 2. The highest BCUT2D eigenvalue weighted by Crippen LogP contribution is 2.25. The molecule has 0 amide bonds. The van der Waals surface area contributed by atoms with E-state index >= 15 is 0 Å². The predicted octanol–water partition coefficient (Wildman–Crippen LogP) is 3.39. The predicted molar refractivity (Wildman–Crippen MR) is 62.0 cm³/mol. The Hall–Kier alpha value is -1.78. The largest absolute Gasteiger partial charge is 0.462 e. The van der Waals surface area contributed by atoms with Gasteiger partial charge in [0, 0.05) is 17.5 Å². The van der Waals surface area contributed by atoms with Crippen LogP contribution in [-0.2, 0) is 4.74 Å². The van der Waals surface area contributed by atoms with Crippen molar-refractivity contribution in [2.24, 2.45) is 0 Å². The van der Waals surface area contributed by atoms with Crippen LogP contribution in [0, 0.1) is 0 Å². The van der Waals surface area contributed by atoms with Crippen LogP contribution in [0.2, 0.25) is 0 Å². The molecule has 5 heteroatoms. The van der Waals surface area contributed by atoms with Gasteiger partial charge in [0.05, 0.1) is 12.2 Å². The summed E-state index contributed by atoms with van der Waals surface area (Å²) in [5.74, 6) is -1.04. The highest BCUT2D eigenvalue weighted by molar-refractivity contribution is 5.99. The minimum atomic E-state index is -2.78. The second-order valence-corrected chi connectivity index (χ2v) is 3.60. The zero-order valence-corrected chi connectivity index (χ0v) is 10.2. The van der Waals surface area contributed by atoms with Crippen molar-refractivity contribution in [2.75, 3.05) is 6.61 Å². The number of carbonyl (C=O) groups is 2. The third-order valence-corrected chi connectivity index (χ3v) is 2.43. The van der Waals surface area contributed by atoms with E-state index in [2.05, 4.69) is 0 Å². The molecular weight excluding hydrogens is 242 g/mol. The van der Waals surface area contributed by atoms with Gasteiger partial charge < -0.3 is 4.74 Å². The van der Waals surface area contributed by atoms with Crippen molar-refractivity contribution in [3.05, 3.63) is 34.9 Å². The zero-order chi connectivity index (χ0) is 13.7. The third kappa shape index (κ3) is 3.12. The molecule has 18 heavy (non-hydrogen) atoms. The van der Waals surface area contributed by atoms with E-state index in [0.29, 0.717) is 0 Å². The molecule has 0 saturated heterocycles. The summed E-state index contributed by atoms with van der Waals surface area (Å²) in [6.07, 6.45) is -2.54. The summed E-state index contributed by atoms with van der Waals surface area (Å²) in [6.45, 7) is 3.34. The van der Waals surface area contributed by atoms with Crippen LogP contribution in [0.3, 0.4) is 0 Å². The number of ketones is 1. The third-order valence-electron chi connectivity index (χ3n) is 2.43. The molecule has 0 aliphatic rings. The summed E-state index contributed by atoms with van der Waals surface area (Å²) in [4.78, 5) is 23.1. The zero-order valence-electron chi connectivity index (χ0n) is 10.2. The van der Waals surface area contributed by atoms with Gasteiger partial charge in [0.25, 0.3) is 6.43 Å². The second-order valence-electron chi connectivity index (χ2n) is 3.60. The lowest BCUT2D eigenvalue weighted by Crippen LogP contribution is -2.10. The van der Waals surface area contributed by atoms with Crippen molar-refractivity contribution >= 4 is 11.8 Å². The van der Waals surface area contributed by atoms with Gasteiger partial charge in [-0.2, -0.15) is 0 Å². The van der Waals surface area contributed by atoms with E-state index in [0.717, 1.165) is 6.07 Å². The van der Waals surface area contributed by atoms with Crippen LogP contribution in [0.5, 0.6) is 0 Å². The number of benzene rings is 1. The number of hydrogen-bond donors (Lipinski definition) is 0. The van der Waals surface area contributed by atoms with Crippen molar-refractivity contribution in [3.63, 3.8) is 0 Å². The van der Waals surface area contributed by atoms with Gasteiger partial charge in [-0.3, -0.25) is 4.79 Å². The van der Waals surface area contributed by atoms with Crippen LogP contribution in [0.4, 0.5) is 8.78 Å². The first-order chi connectivity index (χ1) is 8.51. The average Bonchev–Trinajstić information content (AvgIpc) is 2.37. The molecule has 1 rings (SSSR count). The van der Waals surface area contributed by atoms with Crippen molar-refractivity contribution < 1.29 is 23.1 Å². The molecular formula is C13H14F2O3. The van der Waals surface area contributed by atoms with Gasteiger partial charge >= 0.3 is 5.97 Å². The lowest BCUT2D eigenvalue weighted by Gasteiger charge is -2.09. The Labute approximate surface area is 104 Å². The van der Waals surface area contributed by atoms with Crippen LogP contribution in [0.15, 0.2) is 18.2 Å². The molecule has 0 fully saturated rings. The second kappa shape index (κ2) is 6.23. The number of ether oxygens (including phenoxy) is 1. The van der Waals surface area contributed by atoms with Gasteiger partial charge in [-0.05, 0) is 13.0 Å². The van der Waals surface area contributed by atoms with Crippen LogP contribution in [-0.4, -0.2) is 18.4 Å². The fourth-order valence-corrected chi connectivity index (χ4v) is 1.51. The summed E-state index contributed by atoms with van der Waals surface area (Å²) in [5, 5.41) is 0. The Bertz CT molecular complexity index is 456. The van der Waals surface area contributed by atoms with Gasteiger partial charge in [-0.15, -0.1) is 0 Å². The van der Waals surface area contributed by atoms with E-state index in [4.69, 9.17) is 4.74 Å². The molecule has 0 spiro atoms. The summed E-state index contributed by atoms with van der Waals surface area (Å²) in [5.41, 5.74) is -0.419. The van der Waals surface area contributed by atoms with Gasteiger partial charge in [-0.25, -0.2) is 13.6 Å². The van der Waals surface area contributed by atoms with Crippen molar-refractivity contribution in [1.29, 1.82) is 0 Å². The number of hydrogen-bond acceptors (Lipinski definition) is 3. The Morgan fingerprint density at radius 3 is 2.44 bits per heavy atom.